The van der Waals surface area contributed by atoms with Crippen LogP contribution in [-0.2, 0) is 21.8 Å². The van der Waals surface area contributed by atoms with E-state index in [1.807, 2.05) is 0 Å². The van der Waals surface area contributed by atoms with Crippen molar-refractivity contribution in [2.24, 2.45) is 13.0 Å². The van der Waals surface area contributed by atoms with E-state index >= 15 is 0 Å². The van der Waals surface area contributed by atoms with E-state index in [0.717, 1.165) is 19.4 Å². The lowest BCUT2D eigenvalue weighted by atomic mass is 10.0. The Morgan fingerprint density at radius 2 is 1.97 bits per heavy atom. The SMILES string of the molecule is Cc1nn(C)c(C)c1S(=O)(=O)N1CCC(n2ncc(NC[C@H]3CCCOC3)c(Cl)c2=O)CC1. The van der Waals surface area contributed by atoms with Crippen LogP contribution >= 0.6 is 11.6 Å². The molecule has 0 spiro atoms. The molecule has 2 aromatic heterocycles. The third-order valence-electron chi connectivity index (χ3n) is 6.59. The number of rotatable bonds is 6. The molecule has 2 aliphatic heterocycles. The highest BCUT2D eigenvalue weighted by Crippen LogP contribution is 2.29. The monoisotopic (exact) mass is 498 g/mol. The Hall–Kier alpha value is -1.95. The number of piperidine rings is 1. The zero-order chi connectivity index (χ0) is 23.8. The molecular formula is C21H31ClN6O4S. The molecule has 1 atom stereocenters. The van der Waals surface area contributed by atoms with Crippen molar-refractivity contribution < 1.29 is 13.2 Å². The van der Waals surface area contributed by atoms with Gasteiger partial charge in [-0.1, -0.05) is 11.6 Å². The van der Waals surface area contributed by atoms with Crippen molar-refractivity contribution in [1.29, 1.82) is 0 Å². The molecule has 2 aliphatic rings. The number of hydrogen-bond acceptors (Lipinski definition) is 7. The van der Waals surface area contributed by atoms with E-state index in [1.54, 1.807) is 31.8 Å². The van der Waals surface area contributed by atoms with E-state index in [9.17, 15) is 13.2 Å². The Morgan fingerprint density at radius 1 is 1.24 bits per heavy atom. The fraction of sp³-hybridized carbons (Fsp3) is 0.667. The van der Waals surface area contributed by atoms with Crippen LogP contribution < -0.4 is 10.9 Å². The highest BCUT2D eigenvalue weighted by atomic mass is 35.5. The van der Waals surface area contributed by atoms with Gasteiger partial charge >= 0.3 is 0 Å². The van der Waals surface area contributed by atoms with Crippen molar-refractivity contribution in [3.8, 4) is 0 Å². The third-order valence-corrected chi connectivity index (χ3v) is 9.11. The van der Waals surface area contributed by atoms with Crippen LogP contribution in [0.4, 0.5) is 5.69 Å². The van der Waals surface area contributed by atoms with Crippen LogP contribution in [0.1, 0.15) is 43.1 Å². The Bertz CT molecular complexity index is 1160. The van der Waals surface area contributed by atoms with Crippen LogP contribution in [0.2, 0.25) is 5.02 Å². The fourth-order valence-electron chi connectivity index (χ4n) is 4.63. The second kappa shape index (κ2) is 9.73. The van der Waals surface area contributed by atoms with Crippen LogP contribution in [0.5, 0.6) is 0 Å². The second-order valence-corrected chi connectivity index (χ2v) is 11.1. The number of ether oxygens (including phenoxy) is 1. The lowest BCUT2D eigenvalue weighted by Gasteiger charge is -2.31. The van der Waals surface area contributed by atoms with Crippen LogP contribution in [-0.4, -0.2) is 65.1 Å². The summed E-state index contributed by atoms with van der Waals surface area (Å²) in [6.45, 7) is 6.23. The highest BCUT2D eigenvalue weighted by molar-refractivity contribution is 7.89. The minimum Gasteiger partial charge on any atom is -0.382 e. The summed E-state index contributed by atoms with van der Waals surface area (Å²) in [6, 6.07) is -0.210. The molecule has 33 heavy (non-hydrogen) atoms. The molecule has 0 bridgehead atoms. The van der Waals surface area contributed by atoms with Gasteiger partial charge in [-0.25, -0.2) is 13.1 Å². The van der Waals surface area contributed by atoms with Crippen molar-refractivity contribution in [3.63, 3.8) is 0 Å². The molecule has 2 saturated heterocycles. The molecule has 2 fully saturated rings. The summed E-state index contributed by atoms with van der Waals surface area (Å²) >= 11 is 6.37. The first-order chi connectivity index (χ1) is 15.7. The van der Waals surface area contributed by atoms with Crippen molar-refractivity contribution in [2.45, 2.75) is 50.5 Å². The summed E-state index contributed by atoms with van der Waals surface area (Å²) in [5.74, 6) is 0.385. The van der Waals surface area contributed by atoms with Crippen molar-refractivity contribution in [1.82, 2.24) is 23.9 Å². The molecule has 182 valence electrons. The van der Waals surface area contributed by atoms with Gasteiger partial charge in [0.1, 0.15) is 9.92 Å². The number of nitrogens with one attached hydrogen (secondary N) is 1. The molecule has 2 aromatic rings. The standard InChI is InChI=1S/C21H31ClN6O4S/c1-14-20(15(2)26(3)25-14)33(30,31)27-8-6-17(7-9-27)28-21(29)19(22)18(12-24-28)23-11-16-5-4-10-32-13-16/h12,16-17,23H,4-11,13H2,1-3H3/t16-/m1/s1. The molecule has 4 heterocycles. The van der Waals surface area contributed by atoms with Gasteiger partial charge in [-0.15, -0.1) is 0 Å². The molecule has 0 aromatic carbocycles. The zero-order valence-corrected chi connectivity index (χ0v) is 20.8. The predicted octanol–water partition coefficient (Wildman–Crippen LogP) is 2.11. The maximum Gasteiger partial charge on any atom is 0.287 e. The molecule has 0 unspecified atom stereocenters. The van der Waals surface area contributed by atoms with Crippen LogP contribution in [0, 0.1) is 19.8 Å². The van der Waals surface area contributed by atoms with Crippen molar-refractivity contribution in [3.05, 3.63) is 33.0 Å². The van der Waals surface area contributed by atoms with E-state index in [-0.39, 0.29) is 21.5 Å². The third kappa shape index (κ3) is 4.82. The normalized spacial score (nSPS) is 20.8. The van der Waals surface area contributed by atoms with Gasteiger partial charge < -0.3 is 10.1 Å². The molecule has 4 rings (SSSR count). The van der Waals surface area contributed by atoms with E-state index in [0.29, 0.717) is 62.1 Å². The Labute approximate surface area is 198 Å². The quantitative estimate of drug-likeness (QED) is 0.649. The Kier molecular flexibility index (Phi) is 7.13. The first-order valence-corrected chi connectivity index (χ1v) is 13.1. The Morgan fingerprint density at radius 3 is 2.58 bits per heavy atom. The largest absolute Gasteiger partial charge is 0.382 e. The minimum atomic E-state index is -3.66. The van der Waals surface area contributed by atoms with Crippen LogP contribution in [0.3, 0.4) is 0 Å². The average molecular weight is 499 g/mol. The average Bonchev–Trinajstić information content (AvgIpc) is 3.07. The van der Waals surface area contributed by atoms with Gasteiger partial charge in [-0.05, 0) is 45.4 Å². The molecule has 0 saturated carbocycles. The van der Waals surface area contributed by atoms with E-state index < -0.39 is 10.0 Å². The molecule has 10 nitrogen and oxygen atoms in total. The smallest absolute Gasteiger partial charge is 0.287 e. The molecule has 0 aliphatic carbocycles. The maximum atomic E-state index is 13.2. The summed E-state index contributed by atoms with van der Waals surface area (Å²) in [5.41, 5.74) is 1.26. The first kappa shape index (κ1) is 24.2. The number of aryl methyl sites for hydroxylation is 2. The number of aromatic nitrogens is 4. The van der Waals surface area contributed by atoms with Crippen LogP contribution in [0.15, 0.2) is 15.9 Å². The highest BCUT2D eigenvalue weighted by Gasteiger charge is 2.34. The summed E-state index contributed by atoms with van der Waals surface area (Å²) in [4.78, 5) is 13.2. The summed E-state index contributed by atoms with van der Waals surface area (Å²) < 4.78 is 36.3. The second-order valence-electron chi connectivity index (χ2n) is 8.84. The molecule has 1 N–H and O–H groups in total. The molecule has 0 radical (unpaired) electrons. The van der Waals surface area contributed by atoms with Crippen molar-refractivity contribution in [2.75, 3.05) is 38.2 Å². The summed E-state index contributed by atoms with van der Waals surface area (Å²) in [7, 11) is -1.92. The first-order valence-electron chi connectivity index (χ1n) is 11.3. The number of anilines is 1. The van der Waals surface area contributed by atoms with E-state index in [1.165, 1.54) is 8.99 Å². The number of hydrogen-bond donors (Lipinski definition) is 1. The van der Waals surface area contributed by atoms with Crippen molar-refractivity contribution >= 4 is 27.3 Å². The van der Waals surface area contributed by atoms with E-state index in [2.05, 4.69) is 15.5 Å². The fourth-order valence-corrected chi connectivity index (χ4v) is 6.71. The Balaban J connectivity index is 1.43. The zero-order valence-electron chi connectivity index (χ0n) is 19.3. The van der Waals surface area contributed by atoms with Gasteiger partial charge in [0, 0.05) is 33.3 Å². The number of nitrogens with zero attached hydrogens (tertiary/aromatic N) is 5. The minimum absolute atomic E-state index is 0.110. The van der Waals surface area contributed by atoms with Gasteiger partial charge in [0.2, 0.25) is 10.0 Å². The van der Waals surface area contributed by atoms with Crippen LogP contribution in [0.25, 0.3) is 0 Å². The van der Waals surface area contributed by atoms with Gasteiger partial charge in [-0.2, -0.15) is 14.5 Å². The number of sulfonamides is 1. The topological polar surface area (TPSA) is 111 Å². The van der Waals surface area contributed by atoms with Gasteiger partial charge in [0.15, 0.2) is 0 Å². The summed E-state index contributed by atoms with van der Waals surface area (Å²) in [5, 5.41) is 11.9. The lowest BCUT2D eigenvalue weighted by molar-refractivity contribution is 0.0595. The molecular weight excluding hydrogens is 468 g/mol. The predicted molar refractivity (Wildman–Crippen MR) is 125 cm³/mol. The van der Waals surface area contributed by atoms with E-state index in [4.69, 9.17) is 16.3 Å². The van der Waals surface area contributed by atoms with Gasteiger partial charge in [-0.3, -0.25) is 9.48 Å². The summed E-state index contributed by atoms with van der Waals surface area (Å²) in [6.07, 6.45) is 4.65. The number of halogens is 1. The molecule has 12 heteroatoms. The van der Waals surface area contributed by atoms with Gasteiger partial charge in [0.05, 0.1) is 35.9 Å². The maximum absolute atomic E-state index is 13.2. The van der Waals surface area contributed by atoms with Gasteiger partial charge in [0.25, 0.3) is 5.56 Å². The lowest BCUT2D eigenvalue weighted by Crippen LogP contribution is -2.41. The molecule has 0 amide bonds.